The van der Waals surface area contributed by atoms with E-state index >= 15 is 0 Å². The van der Waals surface area contributed by atoms with Crippen LogP contribution in [0.1, 0.15) is 11.6 Å². The summed E-state index contributed by atoms with van der Waals surface area (Å²) in [5.74, 6) is 1.40. The molecule has 5 nitrogen and oxygen atoms in total. The second-order valence-electron chi connectivity index (χ2n) is 5.64. The minimum absolute atomic E-state index is 0.181. The van der Waals surface area contributed by atoms with E-state index in [9.17, 15) is 4.39 Å². The van der Waals surface area contributed by atoms with Crippen molar-refractivity contribution in [1.82, 2.24) is 15.2 Å². The highest BCUT2D eigenvalue weighted by atomic mass is 35.5. The fraction of sp³-hybridized carbons (Fsp3) is 0.105. The molecule has 9 heteroatoms. The third kappa shape index (κ3) is 4.89. The van der Waals surface area contributed by atoms with Crippen molar-refractivity contribution >= 4 is 34.7 Å². The van der Waals surface area contributed by atoms with Gasteiger partial charge in [0.15, 0.2) is 6.61 Å². The average Bonchev–Trinajstić information content (AvgIpc) is 3.36. The number of hydrogen-bond donors (Lipinski definition) is 0. The van der Waals surface area contributed by atoms with E-state index in [1.54, 1.807) is 36.4 Å². The summed E-state index contributed by atoms with van der Waals surface area (Å²) in [5, 5.41) is 11.9. The first-order valence-electron chi connectivity index (χ1n) is 8.19. The smallest absolute Gasteiger partial charge is 0.277 e. The lowest BCUT2D eigenvalue weighted by molar-refractivity contribution is 0.252. The Labute approximate surface area is 173 Å². The molecule has 0 aliphatic rings. The number of benzene rings is 2. The van der Waals surface area contributed by atoms with E-state index in [0.717, 1.165) is 16.3 Å². The van der Waals surface area contributed by atoms with E-state index < -0.39 is 0 Å². The molecule has 0 atom stereocenters. The molecule has 0 radical (unpaired) electrons. The number of nitrogens with zero attached hydrogens (tertiary/aromatic N) is 3. The summed E-state index contributed by atoms with van der Waals surface area (Å²) >= 11 is 8.75. The molecular formula is C19H13ClFN3O2S2. The molecular weight excluding hydrogens is 421 g/mol. The molecule has 2 aromatic carbocycles. The quantitative estimate of drug-likeness (QED) is 0.340. The normalized spacial score (nSPS) is 10.9. The summed E-state index contributed by atoms with van der Waals surface area (Å²) in [7, 11) is 0. The van der Waals surface area contributed by atoms with Crippen LogP contribution in [0.15, 0.2) is 63.6 Å². The molecule has 0 saturated heterocycles. The average molecular weight is 434 g/mol. The van der Waals surface area contributed by atoms with Gasteiger partial charge in [-0.05, 0) is 48.5 Å². The SMILES string of the molecule is Fc1ccc(-c2nc(CSc3nnc(COc4ccc(Cl)cc4)o3)cs2)cc1. The third-order valence-electron chi connectivity index (χ3n) is 3.61. The molecule has 0 fully saturated rings. The van der Waals surface area contributed by atoms with Crippen molar-refractivity contribution in [2.75, 3.05) is 0 Å². The molecule has 0 spiro atoms. The Balaban J connectivity index is 1.31. The van der Waals surface area contributed by atoms with E-state index in [1.807, 2.05) is 5.38 Å². The maximum atomic E-state index is 13.0. The predicted octanol–water partition coefficient (Wildman–Crippen LogP) is 5.86. The Hall–Kier alpha value is -2.42. The molecule has 4 aromatic rings. The Morgan fingerprint density at radius 1 is 1.07 bits per heavy atom. The van der Waals surface area contributed by atoms with E-state index in [-0.39, 0.29) is 12.4 Å². The van der Waals surface area contributed by atoms with Gasteiger partial charge >= 0.3 is 0 Å². The van der Waals surface area contributed by atoms with Gasteiger partial charge in [-0.15, -0.1) is 21.5 Å². The third-order valence-corrected chi connectivity index (χ3v) is 5.65. The molecule has 2 aromatic heterocycles. The van der Waals surface area contributed by atoms with E-state index in [0.29, 0.717) is 27.6 Å². The molecule has 2 heterocycles. The predicted molar refractivity (Wildman–Crippen MR) is 107 cm³/mol. The second-order valence-corrected chi connectivity index (χ2v) is 7.86. The minimum Gasteiger partial charge on any atom is -0.484 e. The largest absolute Gasteiger partial charge is 0.484 e. The number of hydrogen-bond acceptors (Lipinski definition) is 7. The van der Waals surface area contributed by atoms with Crippen molar-refractivity contribution < 1.29 is 13.5 Å². The van der Waals surface area contributed by atoms with Crippen LogP contribution in [-0.4, -0.2) is 15.2 Å². The van der Waals surface area contributed by atoms with Crippen molar-refractivity contribution in [2.24, 2.45) is 0 Å². The van der Waals surface area contributed by atoms with Gasteiger partial charge in [0.05, 0.1) is 5.69 Å². The van der Waals surface area contributed by atoms with Crippen LogP contribution in [0.5, 0.6) is 5.75 Å². The summed E-state index contributed by atoms with van der Waals surface area (Å²) in [6.45, 7) is 0.181. The zero-order valence-electron chi connectivity index (χ0n) is 14.3. The summed E-state index contributed by atoms with van der Waals surface area (Å²) < 4.78 is 24.2. The molecule has 0 aliphatic heterocycles. The number of thiazole rings is 1. The van der Waals surface area contributed by atoms with Crippen LogP contribution in [0.25, 0.3) is 10.6 Å². The molecule has 0 bridgehead atoms. The fourth-order valence-corrected chi connectivity index (χ4v) is 3.99. The van der Waals surface area contributed by atoms with Crippen molar-refractivity contribution in [1.29, 1.82) is 0 Å². The summed E-state index contributed by atoms with van der Waals surface area (Å²) in [6, 6.07) is 13.3. The molecule has 0 amide bonds. The van der Waals surface area contributed by atoms with Gasteiger partial charge in [0.25, 0.3) is 11.1 Å². The number of thioether (sulfide) groups is 1. The van der Waals surface area contributed by atoms with Crippen LogP contribution in [0.4, 0.5) is 4.39 Å². The number of rotatable bonds is 7. The van der Waals surface area contributed by atoms with Gasteiger partial charge in [0, 0.05) is 21.7 Å². The number of aromatic nitrogens is 3. The molecule has 0 unspecified atom stereocenters. The van der Waals surface area contributed by atoms with E-state index in [1.165, 1.54) is 35.2 Å². The molecule has 0 aliphatic carbocycles. The summed E-state index contributed by atoms with van der Waals surface area (Å²) in [4.78, 5) is 4.57. The zero-order chi connectivity index (χ0) is 19.3. The van der Waals surface area contributed by atoms with Crippen LogP contribution in [0.3, 0.4) is 0 Å². The van der Waals surface area contributed by atoms with Crippen LogP contribution in [0.2, 0.25) is 5.02 Å². The number of halogens is 2. The highest BCUT2D eigenvalue weighted by Crippen LogP contribution is 2.28. The van der Waals surface area contributed by atoms with Crippen molar-refractivity contribution in [3.05, 3.63) is 76.3 Å². The standard InChI is InChI=1S/C19H13ClFN3O2S2/c20-13-3-7-16(8-4-13)25-9-17-23-24-19(26-17)28-11-15-10-27-18(22-15)12-1-5-14(21)6-2-12/h1-8,10H,9,11H2. The summed E-state index contributed by atoms with van der Waals surface area (Å²) in [6.07, 6.45) is 0. The van der Waals surface area contributed by atoms with Crippen LogP contribution in [-0.2, 0) is 12.4 Å². The molecule has 0 N–H and O–H groups in total. The van der Waals surface area contributed by atoms with Crippen LogP contribution < -0.4 is 4.74 Å². The monoisotopic (exact) mass is 433 g/mol. The van der Waals surface area contributed by atoms with Crippen molar-refractivity contribution in [3.63, 3.8) is 0 Å². The lowest BCUT2D eigenvalue weighted by Gasteiger charge is -2.02. The lowest BCUT2D eigenvalue weighted by Crippen LogP contribution is -1.95. The van der Waals surface area contributed by atoms with Gasteiger partial charge in [0.2, 0.25) is 0 Å². The van der Waals surface area contributed by atoms with Gasteiger partial charge < -0.3 is 9.15 Å². The Kier molecular flexibility index (Phi) is 5.90. The molecule has 4 rings (SSSR count). The molecule has 0 saturated carbocycles. The van der Waals surface area contributed by atoms with Crippen LogP contribution >= 0.6 is 34.7 Å². The second kappa shape index (κ2) is 8.72. The highest BCUT2D eigenvalue weighted by molar-refractivity contribution is 7.98. The number of ether oxygens (including phenoxy) is 1. The lowest BCUT2D eigenvalue weighted by atomic mass is 10.2. The Bertz CT molecular complexity index is 1050. The first kappa shape index (κ1) is 18.9. The topological polar surface area (TPSA) is 61.0 Å². The van der Waals surface area contributed by atoms with Gasteiger partial charge in [-0.2, -0.15) is 0 Å². The minimum atomic E-state index is -0.261. The maximum Gasteiger partial charge on any atom is 0.277 e. The van der Waals surface area contributed by atoms with Crippen molar-refractivity contribution in [2.45, 2.75) is 17.6 Å². The zero-order valence-corrected chi connectivity index (χ0v) is 16.7. The van der Waals surface area contributed by atoms with Gasteiger partial charge in [-0.1, -0.05) is 23.4 Å². The van der Waals surface area contributed by atoms with Crippen LogP contribution in [0, 0.1) is 5.82 Å². The van der Waals surface area contributed by atoms with Gasteiger partial charge in [-0.3, -0.25) is 0 Å². The Morgan fingerprint density at radius 3 is 2.64 bits per heavy atom. The maximum absolute atomic E-state index is 13.0. The van der Waals surface area contributed by atoms with E-state index in [4.69, 9.17) is 20.8 Å². The first-order chi connectivity index (χ1) is 13.7. The molecule has 142 valence electrons. The first-order valence-corrected chi connectivity index (χ1v) is 10.4. The highest BCUT2D eigenvalue weighted by Gasteiger charge is 2.10. The fourth-order valence-electron chi connectivity index (χ4n) is 2.26. The Morgan fingerprint density at radius 2 is 1.86 bits per heavy atom. The van der Waals surface area contributed by atoms with E-state index in [2.05, 4.69) is 15.2 Å². The van der Waals surface area contributed by atoms with Gasteiger partial charge in [0.1, 0.15) is 16.6 Å². The van der Waals surface area contributed by atoms with Gasteiger partial charge in [-0.25, -0.2) is 9.37 Å². The molecule has 28 heavy (non-hydrogen) atoms. The van der Waals surface area contributed by atoms with Crippen molar-refractivity contribution in [3.8, 4) is 16.3 Å². The summed E-state index contributed by atoms with van der Waals surface area (Å²) in [5.41, 5.74) is 1.79.